The summed E-state index contributed by atoms with van der Waals surface area (Å²) in [5.74, 6) is 0.590. The zero-order valence-corrected chi connectivity index (χ0v) is 23.1. The molecule has 14 heteroatoms. The van der Waals surface area contributed by atoms with E-state index in [0.717, 1.165) is 5.56 Å². The number of methoxy groups -OCH3 is 2. The van der Waals surface area contributed by atoms with Gasteiger partial charge < -0.3 is 18.9 Å². The molecule has 1 aliphatic heterocycles. The van der Waals surface area contributed by atoms with Crippen molar-refractivity contribution in [1.82, 2.24) is 29.7 Å². The maximum absolute atomic E-state index is 13.8. The first kappa shape index (κ1) is 27.7. The van der Waals surface area contributed by atoms with E-state index in [-0.39, 0.29) is 35.4 Å². The van der Waals surface area contributed by atoms with Gasteiger partial charge in [0.25, 0.3) is 0 Å². The molecule has 13 nitrogen and oxygen atoms in total. The quantitative estimate of drug-likeness (QED) is 0.377. The Bertz CT molecular complexity index is 1320. The van der Waals surface area contributed by atoms with Crippen LogP contribution in [0.5, 0.6) is 11.8 Å². The van der Waals surface area contributed by atoms with Gasteiger partial charge in [0.05, 0.1) is 32.6 Å². The molecule has 4 heterocycles. The lowest BCUT2D eigenvalue weighted by molar-refractivity contribution is 0.00416. The number of anilines is 1. The topological polar surface area (TPSA) is 152 Å². The summed E-state index contributed by atoms with van der Waals surface area (Å²) in [7, 11) is -1.19. The number of sulfonamides is 1. The first-order chi connectivity index (χ1) is 18.2. The number of hydrogen-bond acceptors (Lipinski definition) is 11. The van der Waals surface area contributed by atoms with E-state index in [4.69, 9.17) is 18.9 Å². The highest BCUT2D eigenvalue weighted by atomic mass is 32.2. The first-order valence-corrected chi connectivity index (χ1v) is 13.8. The lowest BCUT2D eigenvalue weighted by Gasteiger charge is -2.26. The monoisotopic (exact) mass is 547 g/mol. The van der Waals surface area contributed by atoms with Crippen molar-refractivity contribution in [2.24, 2.45) is 0 Å². The number of nitrogens with zero attached hydrogens (tertiary/aromatic N) is 6. The van der Waals surface area contributed by atoms with E-state index in [1.807, 2.05) is 26.8 Å². The van der Waals surface area contributed by atoms with Gasteiger partial charge in [-0.3, -0.25) is 14.3 Å². The Labute approximate surface area is 222 Å². The van der Waals surface area contributed by atoms with Crippen LogP contribution in [0.1, 0.15) is 56.3 Å². The van der Waals surface area contributed by atoms with E-state index in [2.05, 4.69) is 29.9 Å². The minimum atomic E-state index is -4.09. The summed E-state index contributed by atoms with van der Waals surface area (Å²) in [6.45, 7) is 8.11. The smallest absolute Gasteiger partial charge is 0.245 e. The molecule has 0 amide bonds. The zero-order chi connectivity index (χ0) is 27.4. The molecular weight excluding hydrogens is 514 g/mol. The van der Waals surface area contributed by atoms with Crippen molar-refractivity contribution in [2.75, 3.05) is 32.2 Å². The van der Waals surface area contributed by atoms with E-state index >= 15 is 0 Å². The van der Waals surface area contributed by atoms with E-state index in [9.17, 15) is 8.42 Å². The summed E-state index contributed by atoms with van der Waals surface area (Å²) in [6.07, 6.45) is 2.57. The van der Waals surface area contributed by atoms with Gasteiger partial charge in [0.2, 0.25) is 27.7 Å². The number of aryl methyl sites for hydroxylation is 1. The fraction of sp³-hybridized carbons (Fsp3) is 0.542. The molecule has 0 spiro atoms. The van der Waals surface area contributed by atoms with Crippen molar-refractivity contribution in [3.63, 3.8) is 0 Å². The average Bonchev–Trinajstić information content (AvgIpc) is 3.56. The van der Waals surface area contributed by atoms with Crippen LogP contribution in [0.3, 0.4) is 0 Å². The summed E-state index contributed by atoms with van der Waals surface area (Å²) in [5.41, 5.74) is 1.73. The molecule has 1 unspecified atom stereocenters. The van der Waals surface area contributed by atoms with E-state index in [1.165, 1.54) is 25.1 Å². The molecular formula is C24H33N7O6S. The van der Waals surface area contributed by atoms with E-state index < -0.39 is 21.4 Å². The van der Waals surface area contributed by atoms with Crippen LogP contribution in [0.4, 0.5) is 5.95 Å². The third-order valence-electron chi connectivity index (χ3n) is 6.14. The molecule has 1 saturated heterocycles. The molecule has 0 bridgehead atoms. The predicted octanol–water partition coefficient (Wildman–Crippen LogP) is 2.58. The summed E-state index contributed by atoms with van der Waals surface area (Å²) in [4.78, 5) is 12.8. The van der Waals surface area contributed by atoms with Gasteiger partial charge in [0.15, 0.2) is 5.69 Å². The van der Waals surface area contributed by atoms with Crippen molar-refractivity contribution in [2.45, 2.75) is 57.5 Å². The third kappa shape index (κ3) is 5.71. The Hall–Kier alpha value is -3.36. The Morgan fingerprint density at radius 2 is 1.79 bits per heavy atom. The molecule has 3 aromatic heterocycles. The van der Waals surface area contributed by atoms with Crippen molar-refractivity contribution in [3.05, 3.63) is 41.7 Å². The molecule has 0 saturated carbocycles. The molecule has 3 atom stereocenters. The fourth-order valence-electron chi connectivity index (χ4n) is 4.17. The summed E-state index contributed by atoms with van der Waals surface area (Å²) in [6, 6.07) is 3.64. The van der Waals surface area contributed by atoms with Crippen molar-refractivity contribution in [3.8, 4) is 17.4 Å². The lowest BCUT2D eigenvalue weighted by atomic mass is 10.1. The minimum absolute atomic E-state index is 0.0645. The maximum Gasteiger partial charge on any atom is 0.245 e. The van der Waals surface area contributed by atoms with Crippen LogP contribution >= 0.6 is 0 Å². The van der Waals surface area contributed by atoms with E-state index in [0.29, 0.717) is 31.2 Å². The van der Waals surface area contributed by atoms with Crippen LogP contribution in [0, 0.1) is 6.92 Å². The summed E-state index contributed by atoms with van der Waals surface area (Å²) >= 11 is 0. The van der Waals surface area contributed by atoms with Gasteiger partial charge in [0, 0.05) is 18.7 Å². The van der Waals surface area contributed by atoms with Crippen molar-refractivity contribution in [1.29, 1.82) is 0 Å². The van der Waals surface area contributed by atoms with Gasteiger partial charge in [0.1, 0.15) is 23.5 Å². The molecule has 206 valence electrons. The second kappa shape index (κ2) is 11.6. The number of aromatic nitrogens is 6. The molecule has 0 aromatic carbocycles. The number of nitrogens with one attached hydrogen (secondary N) is 1. The van der Waals surface area contributed by atoms with Gasteiger partial charge in [-0.25, -0.2) is 8.42 Å². The molecule has 4 rings (SSSR count). The predicted molar refractivity (Wildman–Crippen MR) is 138 cm³/mol. The Kier molecular flexibility index (Phi) is 8.43. The van der Waals surface area contributed by atoms with Gasteiger partial charge in [-0.05, 0) is 45.7 Å². The van der Waals surface area contributed by atoms with Crippen LogP contribution in [-0.4, -0.2) is 76.9 Å². The highest BCUT2D eigenvalue weighted by Gasteiger charge is 2.36. The summed E-state index contributed by atoms with van der Waals surface area (Å²) in [5, 5.41) is 7.49. The standard InChI is InChI=1S/C24H33N7O6S/c1-14(2)37-20(18-8-7-15(3)11-25-18)16(4)38(32,33)30-24-29-28-21(17-9-10-36-12-17)31(24)19-22(34-5)26-13-27-23(19)35-6/h7-8,11,13-14,16-17,20H,9-10,12H2,1-6H3,(H,29,30)/t16-,17?,20+/m0/s1. The van der Waals surface area contributed by atoms with Gasteiger partial charge >= 0.3 is 0 Å². The van der Waals surface area contributed by atoms with Crippen LogP contribution in [-0.2, 0) is 19.5 Å². The van der Waals surface area contributed by atoms with Crippen LogP contribution in [0.15, 0.2) is 24.7 Å². The summed E-state index contributed by atoms with van der Waals surface area (Å²) < 4.78 is 54.2. The molecule has 1 aliphatic rings. The molecule has 38 heavy (non-hydrogen) atoms. The fourth-order valence-corrected chi connectivity index (χ4v) is 5.27. The highest BCUT2D eigenvalue weighted by Crippen LogP contribution is 2.36. The highest BCUT2D eigenvalue weighted by molar-refractivity contribution is 7.93. The second-order valence-electron chi connectivity index (χ2n) is 9.24. The number of pyridine rings is 1. The molecule has 1 fully saturated rings. The number of ether oxygens (including phenoxy) is 4. The minimum Gasteiger partial charge on any atom is -0.479 e. The molecule has 3 aromatic rings. The largest absolute Gasteiger partial charge is 0.479 e. The molecule has 1 N–H and O–H groups in total. The van der Waals surface area contributed by atoms with Crippen LogP contribution in [0.25, 0.3) is 5.69 Å². The second-order valence-corrected chi connectivity index (χ2v) is 11.3. The average molecular weight is 548 g/mol. The van der Waals surface area contributed by atoms with Gasteiger partial charge in [-0.15, -0.1) is 10.2 Å². The third-order valence-corrected chi connectivity index (χ3v) is 7.84. The van der Waals surface area contributed by atoms with Crippen molar-refractivity contribution >= 4 is 16.0 Å². The SMILES string of the molecule is COc1ncnc(OC)c1-n1c(NS(=O)(=O)[C@@H](C)[C@@H](OC(C)C)c2ccc(C)cn2)nnc1C1CCOC1. The van der Waals surface area contributed by atoms with Gasteiger partial charge in [-0.1, -0.05) is 6.07 Å². The number of rotatable bonds is 11. The van der Waals surface area contributed by atoms with Gasteiger partial charge in [-0.2, -0.15) is 9.97 Å². The Balaban J connectivity index is 1.78. The molecule has 0 radical (unpaired) electrons. The van der Waals surface area contributed by atoms with Crippen LogP contribution in [0.2, 0.25) is 0 Å². The molecule has 0 aliphatic carbocycles. The maximum atomic E-state index is 13.8. The van der Waals surface area contributed by atoms with Crippen LogP contribution < -0.4 is 14.2 Å². The van der Waals surface area contributed by atoms with Crippen molar-refractivity contribution < 1.29 is 27.4 Å². The first-order valence-electron chi connectivity index (χ1n) is 12.2. The number of hydrogen-bond donors (Lipinski definition) is 1. The Morgan fingerprint density at radius 1 is 1.08 bits per heavy atom. The Morgan fingerprint density at radius 3 is 2.34 bits per heavy atom. The normalized spacial score (nSPS) is 17.4. The zero-order valence-electron chi connectivity index (χ0n) is 22.3. The lowest BCUT2D eigenvalue weighted by Crippen LogP contribution is -2.34. The van der Waals surface area contributed by atoms with E-state index in [1.54, 1.807) is 19.2 Å².